The molecule has 1 aliphatic carbocycles. The molecule has 0 atom stereocenters. The number of likely N-dealkylation sites (tertiary alicyclic amines) is 1. The van der Waals surface area contributed by atoms with Gasteiger partial charge < -0.3 is 9.42 Å². The molecule has 8 nitrogen and oxygen atoms in total. The molecule has 4 heterocycles. The number of amides is 1. The van der Waals surface area contributed by atoms with Gasteiger partial charge in [0.05, 0.1) is 4.88 Å². The Morgan fingerprint density at radius 1 is 1.25 bits per heavy atom. The molecule has 1 aliphatic heterocycles. The molecule has 0 unspecified atom stereocenters. The van der Waals surface area contributed by atoms with Gasteiger partial charge in [0.1, 0.15) is 5.82 Å². The molecular formula is C19H21N5O3S. The summed E-state index contributed by atoms with van der Waals surface area (Å²) >= 11 is 1.55. The van der Waals surface area contributed by atoms with E-state index in [0.717, 1.165) is 36.4 Å². The Kier molecular flexibility index (Phi) is 4.19. The van der Waals surface area contributed by atoms with Gasteiger partial charge in [-0.15, -0.1) is 11.3 Å². The molecule has 0 aromatic carbocycles. The first-order valence-electron chi connectivity index (χ1n) is 9.57. The highest BCUT2D eigenvalue weighted by atomic mass is 32.1. The Balaban J connectivity index is 1.28. The van der Waals surface area contributed by atoms with Crippen molar-refractivity contribution in [2.24, 2.45) is 7.05 Å². The molecule has 146 valence electrons. The Bertz CT molecular complexity index is 1050. The lowest BCUT2D eigenvalue weighted by Crippen LogP contribution is -2.38. The minimum atomic E-state index is -0.106. The highest BCUT2D eigenvalue weighted by Gasteiger charge is 2.34. The number of hydrogen-bond acceptors (Lipinski definition) is 6. The van der Waals surface area contributed by atoms with E-state index in [1.807, 2.05) is 27.0 Å². The second-order valence-corrected chi connectivity index (χ2v) is 8.43. The Morgan fingerprint density at radius 2 is 2.04 bits per heavy atom. The average molecular weight is 399 g/mol. The number of carbonyl (C=O) groups excluding carboxylic acids is 1. The zero-order valence-electron chi connectivity index (χ0n) is 15.6. The summed E-state index contributed by atoms with van der Waals surface area (Å²) in [6.07, 6.45) is 3.69. The van der Waals surface area contributed by atoms with Crippen LogP contribution >= 0.6 is 11.3 Å². The molecule has 3 aromatic heterocycles. The number of aromatic nitrogens is 4. The lowest BCUT2D eigenvalue weighted by molar-refractivity contribution is 0.0699. The number of thiophene rings is 1. The monoisotopic (exact) mass is 399 g/mol. The standard InChI is InChI=1S/C19H21N5O3S/c1-22-19(26)24(13-4-5-13)17(20-22)12-6-8-23(9-7-12)18(25)14-11-15(27-21-14)16-3-2-10-28-16/h2-3,10-13H,4-9H2,1H3. The van der Waals surface area contributed by atoms with Crippen LogP contribution < -0.4 is 5.69 Å². The van der Waals surface area contributed by atoms with Gasteiger partial charge in [-0.25, -0.2) is 9.48 Å². The van der Waals surface area contributed by atoms with Crippen LogP contribution in [-0.2, 0) is 7.05 Å². The Morgan fingerprint density at radius 3 is 2.71 bits per heavy atom. The van der Waals surface area contributed by atoms with E-state index >= 15 is 0 Å². The minimum Gasteiger partial charge on any atom is -0.355 e. The summed E-state index contributed by atoms with van der Waals surface area (Å²) < 4.78 is 8.64. The van der Waals surface area contributed by atoms with Crippen molar-refractivity contribution in [2.45, 2.75) is 37.6 Å². The number of rotatable bonds is 4. The molecule has 9 heteroatoms. The molecular weight excluding hydrogens is 378 g/mol. The zero-order chi connectivity index (χ0) is 19.3. The molecule has 1 saturated carbocycles. The topological polar surface area (TPSA) is 86.2 Å². The second-order valence-electron chi connectivity index (χ2n) is 7.49. The second kappa shape index (κ2) is 6.73. The van der Waals surface area contributed by atoms with Crippen LogP contribution in [0.15, 0.2) is 32.9 Å². The summed E-state index contributed by atoms with van der Waals surface area (Å²) in [4.78, 5) is 27.9. The maximum absolute atomic E-state index is 12.8. The van der Waals surface area contributed by atoms with E-state index in [9.17, 15) is 9.59 Å². The van der Waals surface area contributed by atoms with Crippen LogP contribution in [0.25, 0.3) is 10.6 Å². The molecule has 1 amide bonds. The van der Waals surface area contributed by atoms with Gasteiger partial charge in [-0.2, -0.15) is 5.10 Å². The average Bonchev–Trinajstić information content (AvgIpc) is 3.12. The van der Waals surface area contributed by atoms with Crippen LogP contribution in [-0.4, -0.2) is 43.4 Å². The summed E-state index contributed by atoms with van der Waals surface area (Å²) in [6, 6.07) is 5.90. The third-order valence-corrected chi connectivity index (χ3v) is 6.42. The first-order chi connectivity index (χ1) is 13.6. The first-order valence-corrected chi connectivity index (χ1v) is 10.4. The molecule has 3 aromatic rings. The van der Waals surface area contributed by atoms with Crippen molar-refractivity contribution in [1.29, 1.82) is 0 Å². The van der Waals surface area contributed by atoms with E-state index < -0.39 is 0 Å². The van der Waals surface area contributed by atoms with E-state index in [0.29, 0.717) is 30.6 Å². The van der Waals surface area contributed by atoms with Gasteiger partial charge in [-0.1, -0.05) is 11.2 Å². The van der Waals surface area contributed by atoms with Crippen molar-refractivity contribution in [3.8, 4) is 10.6 Å². The highest BCUT2D eigenvalue weighted by molar-refractivity contribution is 7.13. The summed E-state index contributed by atoms with van der Waals surface area (Å²) in [6.45, 7) is 1.25. The fraction of sp³-hybridized carbons (Fsp3) is 0.474. The van der Waals surface area contributed by atoms with E-state index in [1.54, 1.807) is 24.5 Å². The van der Waals surface area contributed by atoms with E-state index in [-0.39, 0.29) is 17.5 Å². The molecule has 2 fully saturated rings. The molecule has 0 N–H and O–H groups in total. The summed E-state index contributed by atoms with van der Waals surface area (Å²) in [7, 11) is 1.71. The number of piperidine rings is 1. The third-order valence-electron chi connectivity index (χ3n) is 5.53. The predicted molar refractivity (Wildman–Crippen MR) is 103 cm³/mol. The van der Waals surface area contributed by atoms with Gasteiger partial charge >= 0.3 is 5.69 Å². The first kappa shape index (κ1) is 17.4. The van der Waals surface area contributed by atoms with E-state index in [4.69, 9.17) is 4.52 Å². The fourth-order valence-electron chi connectivity index (χ4n) is 3.87. The van der Waals surface area contributed by atoms with Gasteiger partial charge in [0, 0.05) is 38.2 Å². The molecule has 0 spiro atoms. The van der Waals surface area contributed by atoms with Gasteiger partial charge in [0.15, 0.2) is 11.5 Å². The Hall–Kier alpha value is -2.68. The number of carbonyl (C=O) groups is 1. The summed E-state index contributed by atoms with van der Waals surface area (Å²) in [5.74, 6) is 1.60. The molecule has 0 radical (unpaired) electrons. The normalized spacial score (nSPS) is 18.0. The fourth-order valence-corrected chi connectivity index (χ4v) is 4.54. The van der Waals surface area contributed by atoms with Gasteiger partial charge in [0.2, 0.25) is 0 Å². The van der Waals surface area contributed by atoms with E-state index in [2.05, 4.69) is 10.3 Å². The quantitative estimate of drug-likeness (QED) is 0.673. The van der Waals surface area contributed by atoms with Gasteiger partial charge in [-0.3, -0.25) is 9.36 Å². The lowest BCUT2D eigenvalue weighted by Gasteiger charge is -2.31. The molecule has 5 rings (SSSR count). The van der Waals surface area contributed by atoms with Crippen LogP contribution in [0.4, 0.5) is 0 Å². The number of hydrogen-bond donors (Lipinski definition) is 0. The van der Waals surface area contributed by atoms with Crippen molar-refractivity contribution >= 4 is 17.2 Å². The maximum atomic E-state index is 12.8. The highest BCUT2D eigenvalue weighted by Crippen LogP contribution is 2.37. The lowest BCUT2D eigenvalue weighted by atomic mass is 9.95. The largest absolute Gasteiger partial charge is 0.355 e. The number of nitrogens with zero attached hydrogens (tertiary/aromatic N) is 5. The van der Waals surface area contributed by atoms with E-state index in [1.165, 1.54) is 4.68 Å². The van der Waals surface area contributed by atoms with Crippen molar-refractivity contribution in [2.75, 3.05) is 13.1 Å². The summed E-state index contributed by atoms with van der Waals surface area (Å²) in [5, 5.41) is 10.4. The number of aryl methyl sites for hydroxylation is 1. The predicted octanol–water partition coefficient (Wildman–Crippen LogP) is 2.65. The van der Waals surface area contributed by atoms with Crippen LogP contribution in [0.3, 0.4) is 0 Å². The van der Waals surface area contributed by atoms with Crippen molar-refractivity contribution < 1.29 is 9.32 Å². The molecule has 0 bridgehead atoms. The third kappa shape index (κ3) is 2.99. The van der Waals surface area contributed by atoms with Gasteiger partial charge in [0.25, 0.3) is 5.91 Å². The summed E-state index contributed by atoms with van der Waals surface area (Å²) in [5.41, 5.74) is 0.314. The van der Waals surface area contributed by atoms with Crippen LogP contribution in [0.5, 0.6) is 0 Å². The SMILES string of the molecule is Cn1nc(C2CCN(C(=O)c3cc(-c4cccs4)on3)CC2)n(C2CC2)c1=O. The molecule has 28 heavy (non-hydrogen) atoms. The minimum absolute atomic E-state index is 0.0280. The van der Waals surface area contributed by atoms with Crippen LogP contribution in [0.2, 0.25) is 0 Å². The van der Waals surface area contributed by atoms with Gasteiger partial charge in [-0.05, 0) is 37.1 Å². The van der Waals surface area contributed by atoms with Crippen molar-refractivity contribution in [3.63, 3.8) is 0 Å². The van der Waals surface area contributed by atoms with Crippen molar-refractivity contribution in [1.82, 2.24) is 24.4 Å². The van der Waals surface area contributed by atoms with Crippen LogP contribution in [0.1, 0.15) is 54.0 Å². The maximum Gasteiger partial charge on any atom is 0.345 e. The van der Waals surface area contributed by atoms with Crippen LogP contribution in [0, 0.1) is 0 Å². The zero-order valence-corrected chi connectivity index (χ0v) is 16.4. The Labute approximate surface area is 165 Å². The molecule has 1 saturated heterocycles. The molecule has 2 aliphatic rings. The smallest absolute Gasteiger partial charge is 0.345 e. The van der Waals surface area contributed by atoms with Crippen molar-refractivity contribution in [3.05, 3.63) is 45.6 Å².